The van der Waals surface area contributed by atoms with Crippen molar-refractivity contribution in [2.24, 2.45) is 0 Å². The molecule has 1 aromatic carbocycles. The molecule has 0 bridgehead atoms. The van der Waals surface area contributed by atoms with Crippen molar-refractivity contribution in [3.05, 3.63) is 27.7 Å². The number of likely N-dealkylation sites (tertiary alicyclic amines) is 1. The standard InChI is InChI=1S/C13H16BrClN2S/c14-10-5-6-12(11(15)9-10)16-13(18)17-7-3-1-2-4-8-17/h5-6,9H,1-4,7-8H2,(H,16,18). The summed E-state index contributed by atoms with van der Waals surface area (Å²) in [7, 11) is 0. The van der Waals surface area contributed by atoms with Gasteiger partial charge in [-0.1, -0.05) is 40.4 Å². The Morgan fingerprint density at radius 2 is 1.89 bits per heavy atom. The molecule has 0 aromatic heterocycles. The SMILES string of the molecule is S=C(Nc1ccc(Br)cc1Cl)N1CCCCCC1. The van der Waals surface area contributed by atoms with Gasteiger partial charge in [-0.05, 0) is 43.3 Å². The van der Waals surface area contributed by atoms with Crippen LogP contribution in [0, 0.1) is 0 Å². The van der Waals surface area contributed by atoms with E-state index in [1.165, 1.54) is 25.7 Å². The molecule has 0 saturated carbocycles. The van der Waals surface area contributed by atoms with E-state index in [1.807, 2.05) is 18.2 Å². The van der Waals surface area contributed by atoms with Crippen LogP contribution in [0.25, 0.3) is 0 Å². The third-order valence-corrected chi connectivity index (χ3v) is 4.23. The molecular formula is C13H16BrClN2S. The summed E-state index contributed by atoms with van der Waals surface area (Å²) in [6.07, 6.45) is 5.04. The van der Waals surface area contributed by atoms with Crippen LogP contribution in [0.1, 0.15) is 25.7 Å². The fourth-order valence-electron chi connectivity index (χ4n) is 2.06. The van der Waals surface area contributed by atoms with Crippen LogP contribution in [0.4, 0.5) is 5.69 Å². The summed E-state index contributed by atoms with van der Waals surface area (Å²) in [6, 6.07) is 5.77. The summed E-state index contributed by atoms with van der Waals surface area (Å²) in [5, 5.41) is 4.70. The van der Waals surface area contributed by atoms with E-state index in [1.54, 1.807) is 0 Å². The van der Waals surface area contributed by atoms with E-state index in [9.17, 15) is 0 Å². The molecule has 0 radical (unpaired) electrons. The number of benzene rings is 1. The van der Waals surface area contributed by atoms with Gasteiger partial charge in [-0.2, -0.15) is 0 Å². The Kier molecular flexibility index (Phi) is 5.27. The maximum absolute atomic E-state index is 6.17. The van der Waals surface area contributed by atoms with Gasteiger partial charge in [0.2, 0.25) is 0 Å². The quantitative estimate of drug-likeness (QED) is 0.743. The van der Waals surface area contributed by atoms with Crippen molar-refractivity contribution in [3.8, 4) is 0 Å². The minimum absolute atomic E-state index is 0.682. The lowest BCUT2D eigenvalue weighted by atomic mass is 10.2. The first kappa shape index (κ1) is 14.1. The molecule has 5 heteroatoms. The van der Waals surface area contributed by atoms with Crippen LogP contribution in [0.5, 0.6) is 0 Å². The largest absolute Gasteiger partial charge is 0.349 e. The van der Waals surface area contributed by atoms with Crippen molar-refractivity contribution in [2.75, 3.05) is 18.4 Å². The summed E-state index contributed by atoms with van der Waals surface area (Å²) < 4.78 is 0.971. The molecule has 0 unspecified atom stereocenters. The molecule has 2 rings (SSSR count). The van der Waals surface area contributed by atoms with E-state index in [-0.39, 0.29) is 0 Å². The van der Waals surface area contributed by atoms with Gasteiger partial charge >= 0.3 is 0 Å². The number of hydrogen-bond donors (Lipinski definition) is 1. The summed E-state index contributed by atoms with van der Waals surface area (Å²) >= 11 is 15.0. The molecule has 0 amide bonds. The van der Waals surface area contributed by atoms with Crippen LogP contribution in [0.2, 0.25) is 5.02 Å². The molecule has 1 saturated heterocycles. The highest BCUT2D eigenvalue weighted by atomic mass is 79.9. The van der Waals surface area contributed by atoms with Crippen molar-refractivity contribution < 1.29 is 0 Å². The van der Waals surface area contributed by atoms with Crippen molar-refractivity contribution in [2.45, 2.75) is 25.7 Å². The summed E-state index contributed by atoms with van der Waals surface area (Å²) in [4.78, 5) is 2.24. The maximum atomic E-state index is 6.17. The van der Waals surface area contributed by atoms with Gasteiger partial charge in [0, 0.05) is 17.6 Å². The first-order chi connectivity index (χ1) is 8.66. The van der Waals surface area contributed by atoms with E-state index in [4.69, 9.17) is 23.8 Å². The van der Waals surface area contributed by atoms with E-state index >= 15 is 0 Å². The fraction of sp³-hybridized carbons (Fsp3) is 0.462. The number of nitrogens with one attached hydrogen (secondary N) is 1. The van der Waals surface area contributed by atoms with Gasteiger partial charge in [-0.3, -0.25) is 0 Å². The summed E-state index contributed by atoms with van der Waals surface area (Å²) in [6.45, 7) is 2.08. The average molecular weight is 348 g/mol. The fourth-order valence-corrected chi connectivity index (χ4v) is 3.07. The number of halogens is 2. The molecule has 1 N–H and O–H groups in total. The normalized spacial score (nSPS) is 16.2. The van der Waals surface area contributed by atoms with Crippen molar-refractivity contribution >= 4 is 50.5 Å². The highest BCUT2D eigenvalue weighted by Crippen LogP contribution is 2.26. The smallest absolute Gasteiger partial charge is 0.173 e. The Morgan fingerprint density at radius 3 is 2.50 bits per heavy atom. The zero-order valence-corrected chi connectivity index (χ0v) is 13.2. The topological polar surface area (TPSA) is 15.3 Å². The predicted octanol–water partition coefficient (Wildman–Crippen LogP) is 4.68. The number of hydrogen-bond acceptors (Lipinski definition) is 1. The summed E-state index contributed by atoms with van der Waals surface area (Å²) in [5.74, 6) is 0. The number of thiocarbonyl (C=S) groups is 1. The van der Waals surface area contributed by atoms with Crippen LogP contribution in [0.15, 0.2) is 22.7 Å². The zero-order valence-electron chi connectivity index (χ0n) is 10.1. The monoisotopic (exact) mass is 346 g/mol. The Morgan fingerprint density at radius 1 is 1.22 bits per heavy atom. The molecule has 1 fully saturated rings. The second kappa shape index (κ2) is 6.73. The summed E-state index contributed by atoms with van der Waals surface area (Å²) in [5.41, 5.74) is 0.870. The van der Waals surface area contributed by atoms with Gasteiger partial charge in [-0.25, -0.2) is 0 Å². The van der Waals surface area contributed by atoms with Crippen LogP contribution < -0.4 is 5.32 Å². The molecule has 1 aromatic rings. The van der Waals surface area contributed by atoms with Crippen LogP contribution in [0.3, 0.4) is 0 Å². The van der Waals surface area contributed by atoms with Crippen LogP contribution >= 0.6 is 39.7 Å². The van der Waals surface area contributed by atoms with Gasteiger partial charge in [0.05, 0.1) is 10.7 Å². The van der Waals surface area contributed by atoms with E-state index in [0.717, 1.165) is 28.4 Å². The Hall–Kier alpha value is -0.320. The number of nitrogens with zero attached hydrogens (tertiary/aromatic N) is 1. The lowest BCUT2D eigenvalue weighted by Gasteiger charge is -2.24. The number of anilines is 1. The highest BCUT2D eigenvalue weighted by Gasteiger charge is 2.13. The predicted molar refractivity (Wildman–Crippen MR) is 85.4 cm³/mol. The van der Waals surface area contributed by atoms with Crippen LogP contribution in [-0.2, 0) is 0 Å². The second-order valence-electron chi connectivity index (χ2n) is 4.46. The maximum Gasteiger partial charge on any atom is 0.173 e. The van der Waals surface area contributed by atoms with Crippen molar-refractivity contribution in [1.29, 1.82) is 0 Å². The number of rotatable bonds is 1. The molecule has 2 nitrogen and oxygen atoms in total. The molecule has 1 aliphatic rings. The first-order valence-corrected chi connectivity index (χ1v) is 7.76. The molecule has 98 valence electrons. The van der Waals surface area contributed by atoms with E-state index in [0.29, 0.717) is 5.02 Å². The van der Waals surface area contributed by atoms with Gasteiger partial charge in [0.1, 0.15) is 0 Å². The molecule has 0 atom stereocenters. The molecular weight excluding hydrogens is 332 g/mol. The van der Waals surface area contributed by atoms with Crippen molar-refractivity contribution in [3.63, 3.8) is 0 Å². The van der Waals surface area contributed by atoms with Gasteiger partial charge in [0.25, 0.3) is 0 Å². The molecule has 0 spiro atoms. The third-order valence-electron chi connectivity index (χ3n) is 3.07. The van der Waals surface area contributed by atoms with E-state index < -0.39 is 0 Å². The molecule has 18 heavy (non-hydrogen) atoms. The van der Waals surface area contributed by atoms with Crippen molar-refractivity contribution in [1.82, 2.24) is 4.90 Å². The van der Waals surface area contributed by atoms with Gasteiger partial charge < -0.3 is 10.2 Å². The minimum atomic E-state index is 0.682. The highest BCUT2D eigenvalue weighted by molar-refractivity contribution is 9.10. The molecule has 1 aliphatic heterocycles. The second-order valence-corrected chi connectivity index (χ2v) is 6.17. The average Bonchev–Trinajstić information content (AvgIpc) is 2.61. The minimum Gasteiger partial charge on any atom is -0.349 e. The lowest BCUT2D eigenvalue weighted by Crippen LogP contribution is -2.35. The van der Waals surface area contributed by atoms with Gasteiger partial charge in [0.15, 0.2) is 5.11 Å². The Balaban J connectivity index is 2.01. The van der Waals surface area contributed by atoms with Gasteiger partial charge in [-0.15, -0.1) is 0 Å². The molecule has 1 heterocycles. The Labute approximate surface area is 127 Å². The van der Waals surface area contributed by atoms with E-state index in [2.05, 4.69) is 26.1 Å². The third kappa shape index (κ3) is 3.84. The van der Waals surface area contributed by atoms with Crippen LogP contribution in [-0.4, -0.2) is 23.1 Å². The first-order valence-electron chi connectivity index (χ1n) is 6.18. The lowest BCUT2D eigenvalue weighted by molar-refractivity contribution is 0.441. The zero-order chi connectivity index (χ0) is 13.0. The molecule has 0 aliphatic carbocycles. The Bertz CT molecular complexity index is 431.